The van der Waals surface area contributed by atoms with E-state index in [9.17, 15) is 8.42 Å². The van der Waals surface area contributed by atoms with Gasteiger partial charge in [-0.05, 0) is 19.4 Å². The van der Waals surface area contributed by atoms with Crippen LogP contribution in [0.1, 0.15) is 19.3 Å². The molecule has 8 heteroatoms. The summed E-state index contributed by atoms with van der Waals surface area (Å²) in [5, 5.41) is 6.14. The molecule has 1 aromatic rings. The Labute approximate surface area is 119 Å². The number of nitrogens with zero attached hydrogens (tertiary/aromatic N) is 2. The summed E-state index contributed by atoms with van der Waals surface area (Å²) in [7, 11) is -3.40. The molecule has 0 saturated carbocycles. The summed E-state index contributed by atoms with van der Waals surface area (Å²) in [6, 6.07) is 0. The van der Waals surface area contributed by atoms with Crippen LogP contribution < -0.4 is 4.72 Å². The van der Waals surface area contributed by atoms with Crippen molar-refractivity contribution in [2.75, 3.05) is 39.4 Å². The number of hydrogen-bond acceptors (Lipinski definition) is 5. The fourth-order valence-electron chi connectivity index (χ4n) is 2.14. The van der Waals surface area contributed by atoms with Gasteiger partial charge in [0.25, 0.3) is 0 Å². The molecule has 20 heavy (non-hydrogen) atoms. The Bertz CT molecular complexity index is 469. The molecule has 114 valence electrons. The van der Waals surface area contributed by atoms with Crippen molar-refractivity contribution in [2.24, 2.45) is 0 Å². The van der Waals surface area contributed by atoms with Crippen molar-refractivity contribution in [2.45, 2.75) is 24.2 Å². The molecule has 0 bridgehead atoms. The lowest BCUT2D eigenvalue weighted by atomic mass is 10.2. The number of aromatic nitrogens is 2. The first kappa shape index (κ1) is 15.4. The summed E-state index contributed by atoms with van der Waals surface area (Å²) in [5.74, 6) is 0. The monoisotopic (exact) mass is 302 g/mol. The van der Waals surface area contributed by atoms with Gasteiger partial charge in [-0.15, -0.1) is 0 Å². The Morgan fingerprint density at radius 2 is 2.10 bits per heavy atom. The minimum atomic E-state index is -3.40. The summed E-state index contributed by atoms with van der Waals surface area (Å²) in [6.45, 7) is 5.20. The van der Waals surface area contributed by atoms with Gasteiger partial charge in [-0.3, -0.25) is 10.00 Å². The van der Waals surface area contributed by atoms with E-state index in [1.54, 1.807) is 0 Å². The molecule has 1 aromatic heterocycles. The largest absolute Gasteiger partial charge is 0.379 e. The molecule has 2 N–H and O–H groups in total. The zero-order chi connectivity index (χ0) is 14.3. The predicted octanol–water partition coefficient (Wildman–Crippen LogP) is 0.190. The molecule has 0 atom stereocenters. The third-order valence-corrected chi connectivity index (χ3v) is 4.76. The van der Waals surface area contributed by atoms with Gasteiger partial charge in [0, 0.05) is 25.8 Å². The highest BCUT2D eigenvalue weighted by Gasteiger charge is 2.14. The highest BCUT2D eigenvalue weighted by molar-refractivity contribution is 7.89. The normalized spacial score (nSPS) is 17.4. The Kier molecular flexibility index (Phi) is 5.96. The third-order valence-electron chi connectivity index (χ3n) is 3.33. The van der Waals surface area contributed by atoms with Crippen molar-refractivity contribution in [3.63, 3.8) is 0 Å². The zero-order valence-electron chi connectivity index (χ0n) is 11.5. The van der Waals surface area contributed by atoms with Crippen molar-refractivity contribution >= 4 is 10.0 Å². The minimum absolute atomic E-state index is 0.186. The van der Waals surface area contributed by atoms with Crippen LogP contribution in [0.2, 0.25) is 0 Å². The average molecular weight is 302 g/mol. The van der Waals surface area contributed by atoms with Gasteiger partial charge in [0.05, 0.1) is 19.4 Å². The lowest BCUT2D eigenvalue weighted by Gasteiger charge is -2.26. The second kappa shape index (κ2) is 7.72. The Balaban J connectivity index is 1.55. The third kappa shape index (κ3) is 4.86. The number of unbranched alkanes of at least 4 members (excludes halogenated alkanes) is 2. The van der Waals surface area contributed by atoms with E-state index in [2.05, 4.69) is 19.8 Å². The molecule has 2 rings (SSSR count). The molecule has 0 aromatic carbocycles. The number of H-pyrrole nitrogens is 1. The summed E-state index contributed by atoms with van der Waals surface area (Å²) in [4.78, 5) is 2.57. The first-order chi connectivity index (χ1) is 9.68. The maximum Gasteiger partial charge on any atom is 0.243 e. The van der Waals surface area contributed by atoms with Crippen molar-refractivity contribution < 1.29 is 13.2 Å². The number of rotatable bonds is 8. The summed E-state index contributed by atoms with van der Waals surface area (Å²) in [5.41, 5.74) is 0. The number of ether oxygens (including phenoxy) is 1. The van der Waals surface area contributed by atoms with Crippen LogP contribution >= 0.6 is 0 Å². The molecule has 0 spiro atoms. The molecule has 0 unspecified atom stereocenters. The summed E-state index contributed by atoms with van der Waals surface area (Å²) in [6.07, 6.45) is 5.64. The van der Waals surface area contributed by atoms with E-state index in [0.717, 1.165) is 52.1 Å². The second-order valence-electron chi connectivity index (χ2n) is 4.85. The van der Waals surface area contributed by atoms with E-state index < -0.39 is 10.0 Å². The summed E-state index contributed by atoms with van der Waals surface area (Å²) >= 11 is 0. The first-order valence-corrected chi connectivity index (χ1v) is 8.45. The van der Waals surface area contributed by atoms with Crippen LogP contribution in [0.5, 0.6) is 0 Å². The molecule has 1 saturated heterocycles. The van der Waals surface area contributed by atoms with Crippen molar-refractivity contribution in [3.05, 3.63) is 12.4 Å². The molecular weight excluding hydrogens is 280 g/mol. The Morgan fingerprint density at radius 3 is 2.80 bits per heavy atom. The number of nitrogens with one attached hydrogen (secondary N) is 2. The average Bonchev–Trinajstić information content (AvgIpc) is 2.99. The number of aromatic amines is 1. The van der Waals surface area contributed by atoms with Gasteiger partial charge in [-0.1, -0.05) is 6.42 Å². The van der Waals surface area contributed by atoms with Crippen LogP contribution in [-0.4, -0.2) is 62.9 Å². The molecule has 2 heterocycles. The molecule has 7 nitrogen and oxygen atoms in total. The van der Waals surface area contributed by atoms with Crippen LogP contribution in [0.3, 0.4) is 0 Å². The van der Waals surface area contributed by atoms with Gasteiger partial charge in [0.1, 0.15) is 4.90 Å². The van der Waals surface area contributed by atoms with Gasteiger partial charge in [0.2, 0.25) is 10.0 Å². The second-order valence-corrected chi connectivity index (χ2v) is 6.61. The van der Waals surface area contributed by atoms with E-state index in [0.29, 0.717) is 6.54 Å². The maximum absolute atomic E-state index is 11.8. The lowest BCUT2D eigenvalue weighted by Crippen LogP contribution is -2.36. The highest BCUT2D eigenvalue weighted by atomic mass is 32.2. The summed E-state index contributed by atoms with van der Waals surface area (Å²) < 4.78 is 31.4. The van der Waals surface area contributed by atoms with E-state index in [1.165, 1.54) is 12.4 Å². The van der Waals surface area contributed by atoms with E-state index >= 15 is 0 Å². The molecule has 1 aliphatic rings. The van der Waals surface area contributed by atoms with Crippen LogP contribution in [-0.2, 0) is 14.8 Å². The fourth-order valence-corrected chi connectivity index (χ4v) is 3.12. The topological polar surface area (TPSA) is 87.3 Å². The predicted molar refractivity (Wildman–Crippen MR) is 74.9 cm³/mol. The Morgan fingerprint density at radius 1 is 1.30 bits per heavy atom. The zero-order valence-corrected chi connectivity index (χ0v) is 12.4. The number of hydrogen-bond donors (Lipinski definition) is 2. The van der Waals surface area contributed by atoms with Gasteiger partial charge in [0.15, 0.2) is 0 Å². The smallest absolute Gasteiger partial charge is 0.243 e. The maximum atomic E-state index is 11.8. The lowest BCUT2D eigenvalue weighted by molar-refractivity contribution is 0.0371. The molecular formula is C12H22N4O3S. The molecule has 0 radical (unpaired) electrons. The van der Waals surface area contributed by atoms with E-state index in [-0.39, 0.29) is 4.90 Å². The van der Waals surface area contributed by atoms with Gasteiger partial charge < -0.3 is 4.74 Å². The van der Waals surface area contributed by atoms with E-state index in [1.807, 2.05) is 0 Å². The first-order valence-electron chi connectivity index (χ1n) is 6.97. The van der Waals surface area contributed by atoms with Crippen molar-refractivity contribution in [3.8, 4) is 0 Å². The van der Waals surface area contributed by atoms with Crippen LogP contribution in [0.15, 0.2) is 17.3 Å². The standard InChI is InChI=1S/C12H22N4O3S/c17-20(18,12-10-13-14-11-12)15-4-2-1-3-5-16-6-8-19-9-7-16/h10-11,15H,1-9H2,(H,13,14). The van der Waals surface area contributed by atoms with Crippen molar-refractivity contribution in [1.82, 2.24) is 19.8 Å². The quantitative estimate of drug-likeness (QED) is 0.669. The molecule has 0 aliphatic carbocycles. The van der Waals surface area contributed by atoms with Gasteiger partial charge in [-0.25, -0.2) is 13.1 Å². The van der Waals surface area contributed by atoms with Gasteiger partial charge in [-0.2, -0.15) is 5.10 Å². The van der Waals surface area contributed by atoms with Gasteiger partial charge >= 0.3 is 0 Å². The minimum Gasteiger partial charge on any atom is -0.379 e. The highest BCUT2D eigenvalue weighted by Crippen LogP contribution is 2.05. The van der Waals surface area contributed by atoms with Crippen molar-refractivity contribution in [1.29, 1.82) is 0 Å². The number of sulfonamides is 1. The fraction of sp³-hybridized carbons (Fsp3) is 0.750. The number of morpholine rings is 1. The van der Waals surface area contributed by atoms with Crippen LogP contribution in [0, 0.1) is 0 Å². The molecule has 1 fully saturated rings. The Hall–Kier alpha value is -0.960. The SMILES string of the molecule is O=S(=O)(NCCCCCN1CCOCC1)c1cn[nH]c1. The van der Waals surface area contributed by atoms with Crippen LogP contribution in [0.4, 0.5) is 0 Å². The molecule has 0 amide bonds. The molecule has 1 aliphatic heterocycles. The van der Waals surface area contributed by atoms with E-state index in [4.69, 9.17) is 4.74 Å². The van der Waals surface area contributed by atoms with Crippen LogP contribution in [0.25, 0.3) is 0 Å².